The van der Waals surface area contributed by atoms with Crippen LogP contribution in [0.25, 0.3) is 0 Å². The van der Waals surface area contributed by atoms with Crippen molar-refractivity contribution in [3.63, 3.8) is 0 Å². The molecule has 0 unspecified atom stereocenters. The van der Waals surface area contributed by atoms with E-state index in [0.29, 0.717) is 6.61 Å². The van der Waals surface area contributed by atoms with Crippen LogP contribution in [0, 0.1) is 12.3 Å². The van der Waals surface area contributed by atoms with Gasteiger partial charge in [-0.15, -0.1) is 6.42 Å². The smallest absolute Gasteiger partial charge is 0.167 e. The van der Waals surface area contributed by atoms with Crippen LogP contribution in [0.2, 0.25) is 0 Å². The van der Waals surface area contributed by atoms with E-state index in [1.807, 2.05) is 25.1 Å². The molecule has 0 fully saturated rings. The summed E-state index contributed by atoms with van der Waals surface area (Å²) in [5, 5.41) is 3.40. The zero-order chi connectivity index (χ0) is 13.9. The Morgan fingerprint density at radius 1 is 1.26 bits per heavy atom. The van der Waals surface area contributed by atoms with Crippen molar-refractivity contribution in [1.82, 2.24) is 5.32 Å². The van der Waals surface area contributed by atoms with Gasteiger partial charge in [0.05, 0.1) is 6.61 Å². The van der Waals surface area contributed by atoms with E-state index in [1.54, 1.807) is 0 Å². The molecule has 0 radical (unpaired) electrons. The maximum absolute atomic E-state index is 5.63. The molecule has 0 amide bonds. The summed E-state index contributed by atoms with van der Waals surface area (Å²) < 4.78 is 11.2. The third kappa shape index (κ3) is 5.23. The molecule has 1 aromatic rings. The summed E-state index contributed by atoms with van der Waals surface area (Å²) >= 11 is 0. The molecule has 0 saturated heterocycles. The van der Waals surface area contributed by atoms with Crippen LogP contribution in [0.4, 0.5) is 0 Å². The third-order valence-electron chi connectivity index (χ3n) is 2.68. The second-order valence-electron chi connectivity index (χ2n) is 4.20. The fourth-order valence-electron chi connectivity index (χ4n) is 1.77. The Morgan fingerprint density at radius 3 is 2.79 bits per heavy atom. The molecule has 0 saturated carbocycles. The Kier molecular flexibility index (Phi) is 7.53. The van der Waals surface area contributed by atoms with E-state index in [9.17, 15) is 0 Å². The predicted molar refractivity (Wildman–Crippen MR) is 78.6 cm³/mol. The fourth-order valence-corrected chi connectivity index (χ4v) is 1.77. The van der Waals surface area contributed by atoms with Crippen LogP contribution < -0.4 is 14.8 Å². The topological polar surface area (TPSA) is 30.5 Å². The highest BCUT2D eigenvalue weighted by atomic mass is 16.5. The number of rotatable bonds is 9. The molecule has 3 heteroatoms. The number of ether oxygens (including phenoxy) is 2. The second kappa shape index (κ2) is 9.29. The molecule has 0 aliphatic rings. The summed E-state index contributed by atoms with van der Waals surface area (Å²) in [6.07, 6.45) is 7.62. The summed E-state index contributed by atoms with van der Waals surface area (Å²) in [6.45, 7) is 6.77. The van der Waals surface area contributed by atoms with Crippen LogP contribution in [0.1, 0.15) is 32.3 Å². The van der Waals surface area contributed by atoms with Crippen LogP contribution in [-0.2, 0) is 6.54 Å². The van der Waals surface area contributed by atoms with Crippen LogP contribution in [0.5, 0.6) is 11.5 Å². The fraction of sp³-hybridized carbons (Fsp3) is 0.500. The van der Waals surface area contributed by atoms with Crippen LogP contribution >= 0.6 is 0 Å². The molecule has 0 aliphatic carbocycles. The average Bonchev–Trinajstić information content (AvgIpc) is 2.43. The molecule has 0 heterocycles. The van der Waals surface area contributed by atoms with Crippen molar-refractivity contribution in [2.75, 3.05) is 19.8 Å². The van der Waals surface area contributed by atoms with Crippen LogP contribution in [0.3, 0.4) is 0 Å². The van der Waals surface area contributed by atoms with Gasteiger partial charge in [-0.2, -0.15) is 0 Å². The molecule has 0 aliphatic heterocycles. The third-order valence-corrected chi connectivity index (χ3v) is 2.68. The van der Waals surface area contributed by atoms with Gasteiger partial charge < -0.3 is 14.8 Å². The summed E-state index contributed by atoms with van der Waals surface area (Å²) in [4.78, 5) is 0. The van der Waals surface area contributed by atoms with E-state index in [4.69, 9.17) is 15.9 Å². The van der Waals surface area contributed by atoms with Crippen LogP contribution in [0.15, 0.2) is 18.2 Å². The highest BCUT2D eigenvalue weighted by Crippen LogP contribution is 2.31. The van der Waals surface area contributed by atoms with E-state index in [1.165, 1.54) is 12.8 Å². The van der Waals surface area contributed by atoms with E-state index in [0.717, 1.165) is 30.2 Å². The lowest BCUT2D eigenvalue weighted by Crippen LogP contribution is -2.15. The Bertz CT molecular complexity index is 410. The Hall–Kier alpha value is -1.66. The summed E-state index contributed by atoms with van der Waals surface area (Å²) in [6, 6.07) is 5.92. The molecular formula is C16H23NO2. The first-order chi connectivity index (χ1) is 9.33. The SMILES string of the molecule is C#CCOc1c(CNCCCC)cccc1OCC. The van der Waals surface area contributed by atoms with Crippen LogP contribution in [-0.4, -0.2) is 19.8 Å². The number of benzene rings is 1. The van der Waals surface area contributed by atoms with Gasteiger partial charge in [-0.3, -0.25) is 0 Å². The summed E-state index contributed by atoms with van der Waals surface area (Å²) in [5.41, 5.74) is 1.08. The lowest BCUT2D eigenvalue weighted by molar-refractivity contribution is 0.296. The Morgan fingerprint density at radius 2 is 2.11 bits per heavy atom. The number of nitrogens with one attached hydrogen (secondary N) is 1. The van der Waals surface area contributed by atoms with Gasteiger partial charge >= 0.3 is 0 Å². The molecule has 0 atom stereocenters. The average molecular weight is 261 g/mol. The first kappa shape index (κ1) is 15.4. The Balaban J connectivity index is 2.76. The van der Waals surface area contributed by atoms with Gasteiger partial charge in [0.1, 0.15) is 6.61 Å². The number of para-hydroxylation sites is 1. The van der Waals surface area contributed by atoms with Crippen molar-refractivity contribution < 1.29 is 9.47 Å². The quantitative estimate of drug-likeness (QED) is 0.547. The molecule has 104 valence electrons. The van der Waals surface area contributed by atoms with Crippen molar-refractivity contribution in [3.8, 4) is 23.8 Å². The molecule has 1 rings (SSSR count). The standard InChI is InChI=1S/C16H23NO2/c1-4-7-11-17-13-14-9-8-10-15(18-6-3)16(14)19-12-5-2/h2,8-10,17H,4,6-7,11-13H2,1,3H3. The van der Waals surface area contributed by atoms with Gasteiger partial charge in [-0.1, -0.05) is 31.4 Å². The largest absolute Gasteiger partial charge is 0.490 e. The molecule has 1 N–H and O–H groups in total. The van der Waals surface area contributed by atoms with Crippen molar-refractivity contribution in [2.45, 2.75) is 33.2 Å². The summed E-state index contributed by atoms with van der Waals surface area (Å²) in [7, 11) is 0. The minimum absolute atomic E-state index is 0.256. The monoisotopic (exact) mass is 261 g/mol. The molecule has 0 aromatic heterocycles. The summed E-state index contributed by atoms with van der Waals surface area (Å²) in [5.74, 6) is 4.00. The highest BCUT2D eigenvalue weighted by molar-refractivity contribution is 5.46. The van der Waals surface area contributed by atoms with Crippen molar-refractivity contribution in [1.29, 1.82) is 0 Å². The van der Waals surface area contributed by atoms with Gasteiger partial charge in [0.15, 0.2) is 11.5 Å². The zero-order valence-corrected chi connectivity index (χ0v) is 11.9. The molecule has 19 heavy (non-hydrogen) atoms. The minimum Gasteiger partial charge on any atom is -0.490 e. The first-order valence-corrected chi connectivity index (χ1v) is 6.85. The second-order valence-corrected chi connectivity index (χ2v) is 4.20. The van der Waals surface area contributed by atoms with Crippen molar-refractivity contribution in [2.24, 2.45) is 0 Å². The van der Waals surface area contributed by atoms with Crippen molar-refractivity contribution >= 4 is 0 Å². The maximum Gasteiger partial charge on any atom is 0.167 e. The van der Waals surface area contributed by atoms with E-state index in [-0.39, 0.29) is 6.61 Å². The van der Waals surface area contributed by atoms with Gasteiger partial charge in [0.25, 0.3) is 0 Å². The van der Waals surface area contributed by atoms with Gasteiger partial charge in [0.2, 0.25) is 0 Å². The van der Waals surface area contributed by atoms with Gasteiger partial charge in [0, 0.05) is 12.1 Å². The van der Waals surface area contributed by atoms with Crippen molar-refractivity contribution in [3.05, 3.63) is 23.8 Å². The maximum atomic E-state index is 5.63. The van der Waals surface area contributed by atoms with E-state index in [2.05, 4.69) is 18.2 Å². The van der Waals surface area contributed by atoms with E-state index >= 15 is 0 Å². The zero-order valence-electron chi connectivity index (χ0n) is 11.9. The molecule has 1 aromatic carbocycles. The molecule has 3 nitrogen and oxygen atoms in total. The minimum atomic E-state index is 0.256. The van der Waals surface area contributed by atoms with E-state index < -0.39 is 0 Å². The lowest BCUT2D eigenvalue weighted by Gasteiger charge is -2.15. The predicted octanol–water partition coefficient (Wildman–Crippen LogP) is 2.99. The van der Waals surface area contributed by atoms with Gasteiger partial charge in [-0.25, -0.2) is 0 Å². The number of unbranched alkanes of at least 4 members (excludes halogenated alkanes) is 1. The molecule has 0 bridgehead atoms. The highest BCUT2D eigenvalue weighted by Gasteiger charge is 2.10. The molecular weight excluding hydrogens is 238 g/mol. The number of hydrogen-bond acceptors (Lipinski definition) is 3. The lowest BCUT2D eigenvalue weighted by atomic mass is 10.1. The number of hydrogen-bond donors (Lipinski definition) is 1. The molecule has 0 spiro atoms. The normalized spacial score (nSPS) is 9.95. The Labute approximate surface area is 116 Å². The number of terminal acetylenes is 1. The van der Waals surface area contributed by atoms with Gasteiger partial charge in [-0.05, 0) is 26.0 Å². The first-order valence-electron chi connectivity index (χ1n) is 6.85.